The molecule has 1 aromatic rings. The average molecular weight is 246 g/mol. The van der Waals surface area contributed by atoms with E-state index in [0.717, 1.165) is 6.07 Å². The highest BCUT2D eigenvalue weighted by Crippen LogP contribution is 2.32. The van der Waals surface area contributed by atoms with Gasteiger partial charge < -0.3 is 11.1 Å². The van der Waals surface area contributed by atoms with E-state index in [1.54, 1.807) is 6.07 Å². The minimum Gasteiger partial charge on any atom is -0.329 e. The molecule has 1 rings (SSSR count). The number of hydrogen-bond acceptors (Lipinski definition) is 2. The number of benzene rings is 1. The summed E-state index contributed by atoms with van der Waals surface area (Å²) in [4.78, 5) is 0. The van der Waals surface area contributed by atoms with Crippen molar-refractivity contribution in [3.63, 3.8) is 0 Å². The molecule has 5 heteroatoms. The van der Waals surface area contributed by atoms with Crippen LogP contribution in [-0.2, 0) is 12.6 Å². The van der Waals surface area contributed by atoms with E-state index in [1.165, 1.54) is 12.1 Å². The smallest absolute Gasteiger partial charge is 0.329 e. The number of halogens is 3. The van der Waals surface area contributed by atoms with E-state index in [0.29, 0.717) is 25.1 Å². The molecule has 0 saturated carbocycles. The van der Waals surface area contributed by atoms with Crippen LogP contribution in [0.15, 0.2) is 24.3 Å². The molecule has 0 aliphatic heterocycles. The highest BCUT2D eigenvalue weighted by atomic mass is 19.4. The zero-order valence-electron chi connectivity index (χ0n) is 9.72. The Balaban J connectivity index is 2.77. The lowest BCUT2D eigenvalue weighted by molar-refractivity contribution is -0.138. The maximum atomic E-state index is 12.7. The summed E-state index contributed by atoms with van der Waals surface area (Å²) in [7, 11) is 0. The first-order valence-corrected chi connectivity index (χ1v) is 5.53. The fourth-order valence-electron chi connectivity index (χ4n) is 1.71. The molecule has 96 valence electrons. The van der Waals surface area contributed by atoms with E-state index in [9.17, 15) is 13.2 Å². The molecule has 1 atom stereocenters. The van der Waals surface area contributed by atoms with Gasteiger partial charge in [-0.2, -0.15) is 13.2 Å². The van der Waals surface area contributed by atoms with E-state index in [1.807, 2.05) is 6.92 Å². The van der Waals surface area contributed by atoms with Crippen molar-refractivity contribution in [2.75, 3.05) is 13.1 Å². The molecule has 0 saturated heterocycles. The van der Waals surface area contributed by atoms with Crippen LogP contribution in [0.5, 0.6) is 0 Å². The Morgan fingerprint density at radius 3 is 2.53 bits per heavy atom. The van der Waals surface area contributed by atoms with Crippen LogP contribution in [0.3, 0.4) is 0 Å². The van der Waals surface area contributed by atoms with Gasteiger partial charge in [-0.15, -0.1) is 0 Å². The third-order valence-corrected chi connectivity index (χ3v) is 2.49. The second-order valence-electron chi connectivity index (χ2n) is 4.00. The molecule has 0 fully saturated rings. The second kappa shape index (κ2) is 6.02. The van der Waals surface area contributed by atoms with Crippen molar-refractivity contribution < 1.29 is 13.2 Å². The number of alkyl halides is 3. The van der Waals surface area contributed by atoms with Crippen molar-refractivity contribution in [2.24, 2.45) is 5.73 Å². The molecule has 0 radical (unpaired) electrons. The SMILES string of the molecule is CC(Cc1ccccc1C(F)(F)F)NCCN. The number of rotatable bonds is 5. The van der Waals surface area contributed by atoms with Crippen LogP contribution in [0.2, 0.25) is 0 Å². The lowest BCUT2D eigenvalue weighted by Gasteiger charge is -2.17. The fourth-order valence-corrected chi connectivity index (χ4v) is 1.71. The Morgan fingerprint density at radius 2 is 1.94 bits per heavy atom. The Morgan fingerprint density at radius 1 is 1.29 bits per heavy atom. The molecule has 0 aliphatic carbocycles. The van der Waals surface area contributed by atoms with Gasteiger partial charge in [-0.25, -0.2) is 0 Å². The van der Waals surface area contributed by atoms with Gasteiger partial charge in [0.25, 0.3) is 0 Å². The predicted molar refractivity (Wildman–Crippen MR) is 61.7 cm³/mol. The van der Waals surface area contributed by atoms with Crippen LogP contribution in [0.4, 0.5) is 13.2 Å². The quantitative estimate of drug-likeness (QED) is 0.835. The Kier molecular flexibility index (Phi) is 4.96. The van der Waals surface area contributed by atoms with E-state index in [-0.39, 0.29) is 6.04 Å². The topological polar surface area (TPSA) is 38.0 Å². The van der Waals surface area contributed by atoms with Crippen molar-refractivity contribution >= 4 is 0 Å². The molecule has 1 unspecified atom stereocenters. The molecular formula is C12H17F3N2. The van der Waals surface area contributed by atoms with Gasteiger partial charge in [-0.05, 0) is 25.0 Å². The molecule has 0 spiro atoms. The van der Waals surface area contributed by atoms with Crippen molar-refractivity contribution in [2.45, 2.75) is 25.6 Å². The lowest BCUT2D eigenvalue weighted by atomic mass is 10.0. The molecule has 0 aliphatic rings. The summed E-state index contributed by atoms with van der Waals surface area (Å²) in [5.74, 6) is 0. The summed E-state index contributed by atoms with van der Waals surface area (Å²) in [6.45, 7) is 2.93. The van der Waals surface area contributed by atoms with Gasteiger partial charge in [0, 0.05) is 19.1 Å². The Hall–Kier alpha value is -1.07. The van der Waals surface area contributed by atoms with E-state index in [2.05, 4.69) is 5.32 Å². The van der Waals surface area contributed by atoms with Crippen molar-refractivity contribution in [3.05, 3.63) is 35.4 Å². The summed E-state index contributed by atoms with van der Waals surface area (Å²) >= 11 is 0. The zero-order chi connectivity index (χ0) is 12.9. The second-order valence-corrected chi connectivity index (χ2v) is 4.00. The number of nitrogens with one attached hydrogen (secondary N) is 1. The van der Waals surface area contributed by atoms with Gasteiger partial charge in [0.15, 0.2) is 0 Å². The summed E-state index contributed by atoms with van der Waals surface area (Å²) in [5.41, 5.74) is 5.09. The van der Waals surface area contributed by atoms with Crippen LogP contribution in [0, 0.1) is 0 Å². The van der Waals surface area contributed by atoms with Crippen molar-refractivity contribution in [3.8, 4) is 0 Å². The van der Waals surface area contributed by atoms with Gasteiger partial charge in [0.1, 0.15) is 0 Å². The molecule has 1 aromatic carbocycles. The monoisotopic (exact) mass is 246 g/mol. The zero-order valence-corrected chi connectivity index (χ0v) is 9.72. The maximum Gasteiger partial charge on any atom is 0.416 e. The highest BCUT2D eigenvalue weighted by molar-refractivity contribution is 5.30. The Bertz CT molecular complexity index is 350. The van der Waals surface area contributed by atoms with Gasteiger partial charge in [-0.1, -0.05) is 18.2 Å². The molecule has 3 N–H and O–H groups in total. The third-order valence-electron chi connectivity index (χ3n) is 2.49. The minimum absolute atomic E-state index is 0.0259. The number of nitrogens with two attached hydrogens (primary N) is 1. The van der Waals surface area contributed by atoms with Crippen molar-refractivity contribution in [1.82, 2.24) is 5.32 Å². The summed E-state index contributed by atoms with van der Waals surface area (Å²) in [6.07, 6.45) is -3.94. The van der Waals surface area contributed by atoms with Gasteiger partial charge >= 0.3 is 6.18 Å². The first-order chi connectivity index (χ1) is 7.95. The molecule has 0 bridgehead atoms. The Labute approximate surface area is 99.0 Å². The van der Waals surface area contributed by atoms with Gasteiger partial charge in [0.05, 0.1) is 5.56 Å². The first kappa shape index (κ1) is 14.0. The van der Waals surface area contributed by atoms with E-state index < -0.39 is 11.7 Å². The summed E-state index contributed by atoms with van der Waals surface area (Å²) in [6, 6.07) is 5.64. The lowest BCUT2D eigenvalue weighted by Crippen LogP contribution is -2.33. The molecule has 2 nitrogen and oxygen atoms in total. The molecule has 0 amide bonds. The van der Waals surface area contributed by atoms with Crippen LogP contribution in [-0.4, -0.2) is 19.1 Å². The number of hydrogen-bond donors (Lipinski definition) is 2. The van der Waals surface area contributed by atoms with Crippen LogP contribution in [0.1, 0.15) is 18.1 Å². The average Bonchev–Trinajstić information content (AvgIpc) is 2.25. The van der Waals surface area contributed by atoms with E-state index in [4.69, 9.17) is 5.73 Å². The largest absolute Gasteiger partial charge is 0.416 e. The highest BCUT2D eigenvalue weighted by Gasteiger charge is 2.32. The molecule has 0 aromatic heterocycles. The predicted octanol–water partition coefficient (Wildman–Crippen LogP) is 2.18. The fraction of sp³-hybridized carbons (Fsp3) is 0.500. The molecule has 0 heterocycles. The van der Waals surface area contributed by atoms with Crippen LogP contribution in [0.25, 0.3) is 0 Å². The normalized spacial score (nSPS) is 13.7. The first-order valence-electron chi connectivity index (χ1n) is 5.53. The molecule has 17 heavy (non-hydrogen) atoms. The minimum atomic E-state index is -4.29. The van der Waals surface area contributed by atoms with Gasteiger partial charge in [0.2, 0.25) is 0 Å². The van der Waals surface area contributed by atoms with Crippen LogP contribution < -0.4 is 11.1 Å². The molecular weight excluding hydrogens is 229 g/mol. The van der Waals surface area contributed by atoms with Crippen LogP contribution >= 0.6 is 0 Å². The van der Waals surface area contributed by atoms with E-state index >= 15 is 0 Å². The maximum absolute atomic E-state index is 12.7. The van der Waals surface area contributed by atoms with Crippen molar-refractivity contribution in [1.29, 1.82) is 0 Å². The summed E-state index contributed by atoms with van der Waals surface area (Å²) in [5, 5.41) is 3.07. The third kappa shape index (κ3) is 4.36. The standard InChI is InChI=1S/C12H17F3N2/c1-9(17-7-6-16)8-10-4-2-3-5-11(10)12(13,14)15/h2-5,9,17H,6-8,16H2,1H3. The van der Waals surface area contributed by atoms with Gasteiger partial charge in [-0.3, -0.25) is 0 Å². The summed E-state index contributed by atoms with van der Waals surface area (Å²) < 4.78 is 38.1.